The zero-order chi connectivity index (χ0) is 16.0. The number of rotatable bonds is 7. The number of para-hydroxylation sites is 2. The second-order valence-electron chi connectivity index (χ2n) is 5.45. The molecule has 0 fully saturated rings. The molecule has 124 valence electrons. The van der Waals surface area contributed by atoms with Crippen LogP contribution in [0.2, 0.25) is 0 Å². The van der Waals surface area contributed by atoms with Gasteiger partial charge in [0.25, 0.3) is 5.69 Å². The van der Waals surface area contributed by atoms with Gasteiger partial charge in [0.2, 0.25) is 5.91 Å². The molecular formula is C14H23ClN4O3. The van der Waals surface area contributed by atoms with Crippen LogP contribution in [-0.4, -0.2) is 29.5 Å². The molecule has 0 aliphatic rings. The Morgan fingerprint density at radius 3 is 2.50 bits per heavy atom. The average Bonchev–Trinajstić information content (AvgIpc) is 2.44. The third kappa shape index (κ3) is 5.16. The summed E-state index contributed by atoms with van der Waals surface area (Å²) in [5, 5.41) is 16.5. The van der Waals surface area contributed by atoms with Crippen LogP contribution in [0.4, 0.5) is 11.4 Å². The maximum atomic E-state index is 12.0. The van der Waals surface area contributed by atoms with Crippen LogP contribution < -0.4 is 16.4 Å². The zero-order valence-electron chi connectivity index (χ0n) is 13.0. The van der Waals surface area contributed by atoms with Gasteiger partial charge in [-0.05, 0) is 18.9 Å². The van der Waals surface area contributed by atoms with Crippen molar-refractivity contribution < 1.29 is 9.72 Å². The highest BCUT2D eigenvalue weighted by Crippen LogP contribution is 2.22. The number of carbonyl (C=O) groups excluding carboxylic acids is 1. The van der Waals surface area contributed by atoms with Crippen LogP contribution in [0, 0.1) is 16.0 Å². The molecule has 0 bridgehead atoms. The standard InChI is InChI=1S/C14H22N4O3.ClH/c1-10(2)14(3,9-15)17-13(19)8-16-11-6-4-5-7-12(11)18(20)21;/h4-7,10,16H,8-9,15H2,1-3H3,(H,17,19);1H. The minimum Gasteiger partial charge on any atom is -0.371 e. The van der Waals surface area contributed by atoms with Crippen LogP contribution in [0.1, 0.15) is 20.8 Å². The zero-order valence-corrected chi connectivity index (χ0v) is 13.8. The van der Waals surface area contributed by atoms with Crippen LogP contribution in [-0.2, 0) is 4.79 Å². The third-order valence-corrected chi connectivity index (χ3v) is 3.66. The van der Waals surface area contributed by atoms with Crippen LogP contribution in [0.15, 0.2) is 24.3 Å². The number of halogens is 1. The van der Waals surface area contributed by atoms with E-state index in [-0.39, 0.29) is 36.5 Å². The van der Waals surface area contributed by atoms with Crippen molar-refractivity contribution in [2.45, 2.75) is 26.3 Å². The summed E-state index contributed by atoms with van der Waals surface area (Å²) in [4.78, 5) is 22.4. The van der Waals surface area contributed by atoms with E-state index in [2.05, 4.69) is 10.6 Å². The molecule has 1 rings (SSSR count). The van der Waals surface area contributed by atoms with E-state index >= 15 is 0 Å². The third-order valence-electron chi connectivity index (χ3n) is 3.66. The number of nitro benzene ring substituents is 1. The first-order valence-corrected chi connectivity index (χ1v) is 6.78. The van der Waals surface area contributed by atoms with E-state index in [0.29, 0.717) is 12.2 Å². The highest BCUT2D eigenvalue weighted by Gasteiger charge is 2.28. The van der Waals surface area contributed by atoms with Gasteiger partial charge in [-0.15, -0.1) is 12.4 Å². The topological polar surface area (TPSA) is 110 Å². The van der Waals surface area contributed by atoms with Gasteiger partial charge in [0.1, 0.15) is 5.69 Å². The van der Waals surface area contributed by atoms with Crippen molar-refractivity contribution in [2.75, 3.05) is 18.4 Å². The number of nitro groups is 1. The van der Waals surface area contributed by atoms with Crippen molar-refractivity contribution in [3.63, 3.8) is 0 Å². The maximum Gasteiger partial charge on any atom is 0.292 e. The van der Waals surface area contributed by atoms with Crippen molar-refractivity contribution >= 4 is 29.7 Å². The molecule has 1 unspecified atom stereocenters. The summed E-state index contributed by atoms with van der Waals surface area (Å²) in [5.41, 5.74) is 5.46. The summed E-state index contributed by atoms with van der Waals surface area (Å²) in [6.07, 6.45) is 0. The number of anilines is 1. The number of hydrogen-bond donors (Lipinski definition) is 3. The molecule has 0 saturated heterocycles. The van der Waals surface area contributed by atoms with E-state index in [4.69, 9.17) is 5.73 Å². The van der Waals surface area contributed by atoms with Crippen molar-refractivity contribution in [1.29, 1.82) is 0 Å². The summed E-state index contributed by atoms with van der Waals surface area (Å²) in [7, 11) is 0. The number of nitrogens with zero attached hydrogens (tertiary/aromatic N) is 1. The fourth-order valence-electron chi connectivity index (χ4n) is 1.75. The van der Waals surface area contributed by atoms with E-state index < -0.39 is 10.5 Å². The number of hydrogen-bond acceptors (Lipinski definition) is 5. The van der Waals surface area contributed by atoms with Crippen molar-refractivity contribution in [3.8, 4) is 0 Å². The highest BCUT2D eigenvalue weighted by atomic mass is 35.5. The number of amides is 1. The number of benzene rings is 1. The molecule has 8 heteroatoms. The second-order valence-corrected chi connectivity index (χ2v) is 5.45. The molecule has 0 aromatic heterocycles. The SMILES string of the molecule is CC(C)C(C)(CN)NC(=O)CNc1ccccc1[N+](=O)[O-].Cl. The van der Waals surface area contributed by atoms with E-state index in [1.165, 1.54) is 6.07 Å². The van der Waals surface area contributed by atoms with Crippen LogP contribution in [0.3, 0.4) is 0 Å². The molecule has 1 aromatic carbocycles. The molecule has 1 aromatic rings. The fraction of sp³-hybridized carbons (Fsp3) is 0.500. The van der Waals surface area contributed by atoms with Crippen LogP contribution in [0.25, 0.3) is 0 Å². The van der Waals surface area contributed by atoms with E-state index in [0.717, 1.165) is 0 Å². The molecule has 1 atom stereocenters. The summed E-state index contributed by atoms with van der Waals surface area (Å²) < 4.78 is 0. The van der Waals surface area contributed by atoms with E-state index in [1.54, 1.807) is 18.2 Å². The monoisotopic (exact) mass is 330 g/mol. The Kier molecular flexibility index (Phi) is 7.83. The lowest BCUT2D eigenvalue weighted by Crippen LogP contribution is -2.56. The minimum atomic E-state index is -0.499. The van der Waals surface area contributed by atoms with Crippen molar-refractivity contribution in [3.05, 3.63) is 34.4 Å². The first kappa shape index (κ1) is 20.1. The second kappa shape index (κ2) is 8.55. The van der Waals surface area contributed by atoms with Crippen LogP contribution >= 0.6 is 12.4 Å². The number of carbonyl (C=O) groups is 1. The van der Waals surface area contributed by atoms with E-state index in [9.17, 15) is 14.9 Å². The quantitative estimate of drug-likeness (QED) is 0.522. The van der Waals surface area contributed by atoms with Gasteiger partial charge in [0.15, 0.2) is 0 Å². The largest absolute Gasteiger partial charge is 0.371 e. The molecule has 0 spiro atoms. The Balaban J connectivity index is 0.00000441. The smallest absolute Gasteiger partial charge is 0.292 e. The molecule has 1 amide bonds. The molecule has 22 heavy (non-hydrogen) atoms. The Bertz CT molecular complexity index is 525. The summed E-state index contributed by atoms with van der Waals surface area (Å²) in [6, 6.07) is 6.20. The highest BCUT2D eigenvalue weighted by molar-refractivity contribution is 5.85. The maximum absolute atomic E-state index is 12.0. The van der Waals surface area contributed by atoms with Gasteiger partial charge in [-0.3, -0.25) is 14.9 Å². The summed E-state index contributed by atoms with van der Waals surface area (Å²) >= 11 is 0. The molecular weight excluding hydrogens is 308 g/mol. The van der Waals surface area contributed by atoms with Gasteiger partial charge in [0, 0.05) is 12.6 Å². The Labute approximate surface area is 136 Å². The van der Waals surface area contributed by atoms with Gasteiger partial charge in [0.05, 0.1) is 17.0 Å². The van der Waals surface area contributed by atoms with Gasteiger partial charge in [-0.1, -0.05) is 26.0 Å². The molecule has 7 nitrogen and oxygen atoms in total. The first-order valence-electron chi connectivity index (χ1n) is 6.78. The van der Waals surface area contributed by atoms with Crippen LogP contribution in [0.5, 0.6) is 0 Å². The van der Waals surface area contributed by atoms with Gasteiger partial charge < -0.3 is 16.4 Å². The summed E-state index contributed by atoms with van der Waals surface area (Å²) in [5.74, 6) is -0.0766. The lowest BCUT2D eigenvalue weighted by atomic mass is 9.88. The Morgan fingerprint density at radius 1 is 1.41 bits per heavy atom. The predicted octanol–water partition coefficient (Wildman–Crippen LogP) is 1.92. The van der Waals surface area contributed by atoms with Crippen molar-refractivity contribution in [2.24, 2.45) is 11.7 Å². The lowest BCUT2D eigenvalue weighted by molar-refractivity contribution is -0.383. The number of nitrogens with one attached hydrogen (secondary N) is 2. The molecule has 0 heterocycles. The van der Waals surface area contributed by atoms with E-state index in [1.807, 2.05) is 20.8 Å². The molecule has 0 aliphatic carbocycles. The van der Waals surface area contributed by atoms with Gasteiger partial charge in [-0.2, -0.15) is 0 Å². The fourth-order valence-corrected chi connectivity index (χ4v) is 1.75. The lowest BCUT2D eigenvalue weighted by Gasteiger charge is -2.33. The molecule has 0 saturated carbocycles. The molecule has 0 aliphatic heterocycles. The first-order chi connectivity index (χ1) is 9.80. The summed E-state index contributed by atoms with van der Waals surface area (Å²) in [6.45, 7) is 6.10. The Morgan fingerprint density at radius 2 is 2.00 bits per heavy atom. The van der Waals surface area contributed by atoms with Gasteiger partial charge >= 0.3 is 0 Å². The average molecular weight is 331 g/mol. The van der Waals surface area contributed by atoms with Gasteiger partial charge in [-0.25, -0.2) is 0 Å². The predicted molar refractivity (Wildman–Crippen MR) is 89.3 cm³/mol. The molecule has 4 N–H and O–H groups in total. The minimum absolute atomic E-state index is 0. The van der Waals surface area contributed by atoms with Crippen molar-refractivity contribution in [1.82, 2.24) is 5.32 Å². The Hall–Kier alpha value is -1.86. The normalized spacial score (nSPS) is 13.0. The number of nitrogens with two attached hydrogens (primary N) is 1. The molecule has 0 radical (unpaired) electrons.